The van der Waals surface area contributed by atoms with Crippen LogP contribution in [0.4, 0.5) is 0 Å². The number of aromatic nitrogens is 2. The SMILES string of the molecule is NC1(c2ncc(C(=O)OCc3ccc(Br)cc3)[nH]2)CCC1. The number of halogens is 1. The van der Waals surface area contributed by atoms with E-state index in [2.05, 4.69) is 25.9 Å². The molecule has 1 aromatic heterocycles. The highest BCUT2D eigenvalue weighted by Gasteiger charge is 2.37. The summed E-state index contributed by atoms with van der Waals surface area (Å²) in [5.74, 6) is 0.254. The van der Waals surface area contributed by atoms with Crippen LogP contribution in [-0.4, -0.2) is 15.9 Å². The van der Waals surface area contributed by atoms with E-state index in [1.165, 1.54) is 6.20 Å². The lowest BCUT2D eigenvalue weighted by molar-refractivity contribution is 0.0466. The minimum Gasteiger partial charge on any atom is -0.456 e. The van der Waals surface area contributed by atoms with Crippen molar-refractivity contribution in [3.8, 4) is 0 Å². The quantitative estimate of drug-likeness (QED) is 0.831. The Bertz CT molecular complexity index is 647. The van der Waals surface area contributed by atoms with E-state index in [1.54, 1.807) is 0 Å². The van der Waals surface area contributed by atoms with Gasteiger partial charge in [-0.05, 0) is 37.0 Å². The Morgan fingerprint density at radius 1 is 1.38 bits per heavy atom. The molecule has 0 unspecified atom stereocenters. The molecule has 3 N–H and O–H groups in total. The molecule has 1 aliphatic carbocycles. The highest BCUT2D eigenvalue weighted by atomic mass is 79.9. The van der Waals surface area contributed by atoms with E-state index in [1.807, 2.05) is 24.3 Å². The fraction of sp³-hybridized carbons (Fsp3) is 0.333. The molecule has 1 aliphatic rings. The topological polar surface area (TPSA) is 81.0 Å². The molecule has 0 saturated heterocycles. The molecular weight excluding hydrogens is 334 g/mol. The second-order valence-electron chi connectivity index (χ2n) is 5.36. The van der Waals surface area contributed by atoms with Crippen LogP contribution in [0.2, 0.25) is 0 Å². The van der Waals surface area contributed by atoms with Gasteiger partial charge in [-0.15, -0.1) is 0 Å². The molecule has 1 fully saturated rings. The van der Waals surface area contributed by atoms with Crippen LogP contribution in [0.3, 0.4) is 0 Å². The Morgan fingerprint density at radius 2 is 2.10 bits per heavy atom. The first-order valence-electron chi connectivity index (χ1n) is 6.83. The summed E-state index contributed by atoms with van der Waals surface area (Å²) in [5.41, 5.74) is 7.05. The first-order chi connectivity index (χ1) is 10.1. The van der Waals surface area contributed by atoms with Gasteiger partial charge in [-0.1, -0.05) is 28.1 Å². The van der Waals surface area contributed by atoms with Gasteiger partial charge in [0.25, 0.3) is 0 Å². The minimum absolute atomic E-state index is 0.230. The molecule has 0 aliphatic heterocycles. The average molecular weight is 350 g/mol. The zero-order chi connectivity index (χ0) is 14.9. The van der Waals surface area contributed by atoms with E-state index < -0.39 is 11.5 Å². The van der Waals surface area contributed by atoms with Gasteiger partial charge in [0.2, 0.25) is 0 Å². The number of imidazole rings is 1. The van der Waals surface area contributed by atoms with Gasteiger partial charge in [-0.3, -0.25) is 0 Å². The van der Waals surface area contributed by atoms with Gasteiger partial charge in [0.05, 0.1) is 11.7 Å². The number of nitrogens with one attached hydrogen (secondary N) is 1. The number of ether oxygens (including phenoxy) is 1. The van der Waals surface area contributed by atoms with Crippen LogP contribution in [0.25, 0.3) is 0 Å². The van der Waals surface area contributed by atoms with Crippen molar-refractivity contribution in [2.45, 2.75) is 31.4 Å². The van der Waals surface area contributed by atoms with E-state index in [4.69, 9.17) is 10.5 Å². The number of nitrogens with zero attached hydrogens (tertiary/aromatic N) is 1. The first-order valence-corrected chi connectivity index (χ1v) is 7.62. The monoisotopic (exact) mass is 349 g/mol. The first kappa shape index (κ1) is 14.3. The van der Waals surface area contributed by atoms with Gasteiger partial charge in [0, 0.05) is 4.47 Å². The van der Waals surface area contributed by atoms with Crippen LogP contribution < -0.4 is 5.73 Å². The van der Waals surface area contributed by atoms with E-state index in [-0.39, 0.29) is 6.61 Å². The van der Waals surface area contributed by atoms with Crippen LogP contribution >= 0.6 is 15.9 Å². The molecule has 1 aromatic carbocycles. The Kier molecular flexibility index (Phi) is 3.82. The molecule has 2 aromatic rings. The maximum atomic E-state index is 12.0. The zero-order valence-corrected chi connectivity index (χ0v) is 13.0. The molecule has 6 heteroatoms. The molecule has 110 valence electrons. The van der Waals surface area contributed by atoms with Crippen molar-refractivity contribution < 1.29 is 9.53 Å². The van der Waals surface area contributed by atoms with E-state index >= 15 is 0 Å². The van der Waals surface area contributed by atoms with Crippen LogP contribution in [0.15, 0.2) is 34.9 Å². The highest BCUT2D eigenvalue weighted by molar-refractivity contribution is 9.10. The van der Waals surface area contributed by atoms with Crippen molar-refractivity contribution in [2.75, 3.05) is 0 Å². The fourth-order valence-electron chi connectivity index (χ4n) is 2.28. The van der Waals surface area contributed by atoms with Crippen molar-refractivity contribution in [3.63, 3.8) is 0 Å². The lowest BCUT2D eigenvalue weighted by Gasteiger charge is -2.35. The molecule has 5 nitrogen and oxygen atoms in total. The minimum atomic E-state index is -0.417. The highest BCUT2D eigenvalue weighted by Crippen LogP contribution is 2.36. The lowest BCUT2D eigenvalue weighted by Crippen LogP contribution is -2.44. The average Bonchev–Trinajstić information content (AvgIpc) is 2.94. The summed E-state index contributed by atoms with van der Waals surface area (Å²) in [7, 11) is 0. The predicted molar refractivity (Wildman–Crippen MR) is 81.6 cm³/mol. The molecule has 0 atom stereocenters. The molecule has 0 radical (unpaired) electrons. The van der Waals surface area contributed by atoms with Gasteiger partial charge in [0.15, 0.2) is 0 Å². The van der Waals surface area contributed by atoms with Gasteiger partial charge in [-0.25, -0.2) is 9.78 Å². The number of esters is 1. The fourth-order valence-corrected chi connectivity index (χ4v) is 2.54. The van der Waals surface area contributed by atoms with Crippen LogP contribution in [0, 0.1) is 0 Å². The maximum Gasteiger partial charge on any atom is 0.356 e. The number of hydrogen-bond donors (Lipinski definition) is 2. The number of aromatic amines is 1. The number of benzene rings is 1. The summed E-state index contributed by atoms with van der Waals surface area (Å²) < 4.78 is 6.26. The number of nitrogens with two attached hydrogens (primary N) is 1. The predicted octanol–water partition coefficient (Wildman–Crippen LogP) is 2.87. The molecule has 0 bridgehead atoms. The van der Waals surface area contributed by atoms with E-state index in [0.29, 0.717) is 11.5 Å². The van der Waals surface area contributed by atoms with Gasteiger partial charge >= 0.3 is 5.97 Å². The van der Waals surface area contributed by atoms with Crippen molar-refractivity contribution in [1.82, 2.24) is 9.97 Å². The number of hydrogen-bond acceptors (Lipinski definition) is 4. The van der Waals surface area contributed by atoms with Crippen molar-refractivity contribution >= 4 is 21.9 Å². The molecule has 21 heavy (non-hydrogen) atoms. The normalized spacial score (nSPS) is 16.3. The van der Waals surface area contributed by atoms with Gasteiger partial charge < -0.3 is 15.5 Å². The molecule has 0 spiro atoms. The maximum absolute atomic E-state index is 12.0. The number of carbonyl (C=O) groups excluding carboxylic acids is 1. The van der Waals surface area contributed by atoms with Crippen molar-refractivity contribution in [3.05, 3.63) is 52.0 Å². The molecule has 1 heterocycles. The third-order valence-corrected chi connectivity index (χ3v) is 4.32. The molecule has 0 amide bonds. The lowest BCUT2D eigenvalue weighted by atomic mass is 9.77. The van der Waals surface area contributed by atoms with Gasteiger partial charge in [-0.2, -0.15) is 0 Å². The van der Waals surface area contributed by atoms with E-state index in [0.717, 1.165) is 29.3 Å². The molecule has 1 saturated carbocycles. The summed E-state index contributed by atoms with van der Waals surface area (Å²) in [5, 5.41) is 0. The standard InChI is InChI=1S/C15H16BrN3O2/c16-11-4-2-10(3-5-11)9-21-13(20)12-8-18-14(19-12)15(17)6-1-7-15/h2-5,8H,1,6-7,9,17H2,(H,18,19). The zero-order valence-electron chi connectivity index (χ0n) is 11.4. The molecule has 3 rings (SSSR count). The Labute approximate surface area is 131 Å². The largest absolute Gasteiger partial charge is 0.456 e. The summed E-state index contributed by atoms with van der Waals surface area (Å²) >= 11 is 3.36. The van der Waals surface area contributed by atoms with Crippen LogP contribution in [0.1, 0.15) is 41.1 Å². The third-order valence-electron chi connectivity index (χ3n) is 3.80. The smallest absolute Gasteiger partial charge is 0.356 e. The Hall–Kier alpha value is -1.66. The third kappa shape index (κ3) is 3.01. The Balaban J connectivity index is 1.62. The van der Waals surface area contributed by atoms with Gasteiger partial charge in [0.1, 0.15) is 18.1 Å². The Morgan fingerprint density at radius 3 is 2.71 bits per heavy atom. The molecular formula is C15H16BrN3O2. The van der Waals surface area contributed by atoms with Crippen LogP contribution in [0.5, 0.6) is 0 Å². The second kappa shape index (κ2) is 5.61. The van der Waals surface area contributed by atoms with Crippen molar-refractivity contribution in [2.24, 2.45) is 5.73 Å². The summed E-state index contributed by atoms with van der Waals surface area (Å²) in [6, 6.07) is 7.62. The van der Waals surface area contributed by atoms with E-state index in [9.17, 15) is 4.79 Å². The second-order valence-corrected chi connectivity index (χ2v) is 6.27. The number of rotatable bonds is 4. The van der Waals surface area contributed by atoms with Crippen LogP contribution in [-0.2, 0) is 16.9 Å². The number of H-pyrrole nitrogens is 1. The summed E-state index contributed by atoms with van der Waals surface area (Å²) in [6.07, 6.45) is 4.38. The van der Waals surface area contributed by atoms with Crippen molar-refractivity contribution in [1.29, 1.82) is 0 Å². The number of carbonyl (C=O) groups is 1. The summed E-state index contributed by atoms with van der Waals surface area (Å²) in [6.45, 7) is 0.230. The summed E-state index contributed by atoms with van der Waals surface area (Å²) in [4.78, 5) is 19.2.